The zero-order valence-electron chi connectivity index (χ0n) is 18.3. The molecule has 1 fully saturated rings. The van der Waals surface area contributed by atoms with E-state index in [1.54, 1.807) is 18.5 Å². The van der Waals surface area contributed by atoms with Crippen LogP contribution in [-0.2, 0) is 12.8 Å². The lowest BCUT2D eigenvalue weighted by Gasteiger charge is -2.35. The van der Waals surface area contributed by atoms with Crippen LogP contribution in [0.15, 0.2) is 41.3 Å². The van der Waals surface area contributed by atoms with Crippen LogP contribution in [0.1, 0.15) is 79.8 Å². The zero-order chi connectivity index (χ0) is 21.6. The van der Waals surface area contributed by atoms with Gasteiger partial charge in [-0.1, -0.05) is 19.0 Å². The predicted octanol–water partition coefficient (Wildman–Crippen LogP) is 4.80. The van der Waals surface area contributed by atoms with E-state index in [0.29, 0.717) is 12.2 Å². The molecule has 31 heavy (non-hydrogen) atoms. The molecule has 0 radical (unpaired) electrons. The number of nitrogens with zero attached hydrogens (tertiary/aromatic N) is 5. The number of amides is 1. The molecule has 0 aromatic carbocycles. The third-order valence-electron chi connectivity index (χ3n) is 5.69. The van der Waals surface area contributed by atoms with Gasteiger partial charge >= 0.3 is 0 Å². The van der Waals surface area contributed by atoms with Crippen LogP contribution in [0.2, 0.25) is 0 Å². The van der Waals surface area contributed by atoms with Crippen molar-refractivity contribution in [2.45, 2.75) is 64.8 Å². The number of likely N-dealkylation sites (tertiary alicyclic amines) is 1. The van der Waals surface area contributed by atoms with Gasteiger partial charge in [0.25, 0.3) is 5.91 Å². The van der Waals surface area contributed by atoms with Crippen LogP contribution in [0.5, 0.6) is 0 Å². The van der Waals surface area contributed by atoms with E-state index >= 15 is 0 Å². The van der Waals surface area contributed by atoms with Gasteiger partial charge in [-0.2, -0.15) is 0 Å². The van der Waals surface area contributed by atoms with Crippen LogP contribution >= 0.6 is 0 Å². The third kappa shape index (κ3) is 4.65. The summed E-state index contributed by atoms with van der Waals surface area (Å²) in [6.07, 6.45) is 11.8. The summed E-state index contributed by atoms with van der Waals surface area (Å²) in [6.45, 7) is 4.88. The molecule has 0 saturated carbocycles. The molecule has 162 valence electrons. The van der Waals surface area contributed by atoms with Crippen molar-refractivity contribution in [3.63, 3.8) is 0 Å². The lowest BCUT2D eigenvalue weighted by molar-refractivity contribution is 0.0595. The Bertz CT molecular complexity index is 1020. The summed E-state index contributed by atoms with van der Waals surface area (Å²) in [6, 6.07) is 5.59. The van der Waals surface area contributed by atoms with Gasteiger partial charge in [0.15, 0.2) is 5.69 Å². The van der Waals surface area contributed by atoms with E-state index in [0.717, 1.165) is 73.4 Å². The lowest BCUT2D eigenvalue weighted by atomic mass is 9.93. The van der Waals surface area contributed by atoms with E-state index in [-0.39, 0.29) is 11.9 Å². The number of rotatable bonds is 7. The van der Waals surface area contributed by atoms with Gasteiger partial charge < -0.3 is 9.42 Å². The second-order valence-corrected chi connectivity index (χ2v) is 8.01. The van der Waals surface area contributed by atoms with Crippen LogP contribution in [-0.4, -0.2) is 37.5 Å². The minimum atomic E-state index is -0.116. The van der Waals surface area contributed by atoms with Crippen LogP contribution < -0.4 is 0 Å². The number of carbonyl (C=O) groups is 1. The number of pyridine rings is 1. The van der Waals surface area contributed by atoms with Crippen LogP contribution in [0, 0.1) is 0 Å². The van der Waals surface area contributed by atoms with Crippen molar-refractivity contribution in [1.82, 2.24) is 25.0 Å². The first-order chi connectivity index (χ1) is 15.2. The Morgan fingerprint density at radius 2 is 1.97 bits per heavy atom. The molecule has 4 rings (SSSR count). The van der Waals surface area contributed by atoms with Gasteiger partial charge in [0.2, 0.25) is 0 Å². The second kappa shape index (κ2) is 9.81. The van der Waals surface area contributed by atoms with Crippen LogP contribution in [0.3, 0.4) is 0 Å². The molecule has 1 aliphatic rings. The highest BCUT2D eigenvalue weighted by molar-refractivity contribution is 5.92. The standard InChI is InChI=1S/C24H29N5O2/c1-3-7-18-15-20(28-31-18)24(30)29-14-6-5-9-21(29)23-19(17-10-12-25-13-11-17)16-26-22(27-23)8-4-2/h10-13,15-16,21H,3-9,14H2,1-2H3/t21-/m1/s1. The van der Waals surface area contributed by atoms with Crippen LogP contribution in [0.25, 0.3) is 11.1 Å². The highest BCUT2D eigenvalue weighted by Crippen LogP contribution is 2.36. The van der Waals surface area contributed by atoms with E-state index in [4.69, 9.17) is 9.51 Å². The van der Waals surface area contributed by atoms with Crippen molar-refractivity contribution < 1.29 is 9.32 Å². The molecule has 0 unspecified atom stereocenters. The Hall–Kier alpha value is -3.09. The molecule has 1 amide bonds. The molecule has 0 N–H and O–H groups in total. The number of hydrogen-bond acceptors (Lipinski definition) is 6. The molecule has 7 nitrogen and oxygen atoms in total. The maximum Gasteiger partial charge on any atom is 0.276 e. The Balaban J connectivity index is 1.72. The molecule has 0 spiro atoms. The highest BCUT2D eigenvalue weighted by Gasteiger charge is 2.33. The molecule has 0 bridgehead atoms. The maximum absolute atomic E-state index is 13.4. The first kappa shape index (κ1) is 21.2. The van der Waals surface area contributed by atoms with Crippen LogP contribution in [0.4, 0.5) is 0 Å². The van der Waals surface area contributed by atoms with E-state index < -0.39 is 0 Å². The van der Waals surface area contributed by atoms with Gasteiger partial charge in [0.05, 0.1) is 11.7 Å². The summed E-state index contributed by atoms with van der Waals surface area (Å²) in [4.78, 5) is 29.0. The van der Waals surface area contributed by atoms with Crippen molar-refractivity contribution in [1.29, 1.82) is 0 Å². The minimum Gasteiger partial charge on any atom is -0.361 e. The predicted molar refractivity (Wildman–Crippen MR) is 117 cm³/mol. The molecular weight excluding hydrogens is 390 g/mol. The number of aryl methyl sites for hydroxylation is 2. The fourth-order valence-corrected chi connectivity index (χ4v) is 4.17. The second-order valence-electron chi connectivity index (χ2n) is 8.01. The maximum atomic E-state index is 13.4. The molecule has 1 atom stereocenters. The number of aromatic nitrogens is 4. The normalized spacial score (nSPS) is 16.5. The number of piperidine rings is 1. The largest absolute Gasteiger partial charge is 0.361 e. The molecule has 1 aliphatic heterocycles. The van der Waals surface area contributed by atoms with Gasteiger partial charge in [-0.15, -0.1) is 0 Å². The minimum absolute atomic E-state index is 0.0906. The molecular formula is C24H29N5O2. The van der Waals surface area contributed by atoms with Crippen molar-refractivity contribution in [2.75, 3.05) is 6.54 Å². The summed E-state index contributed by atoms with van der Waals surface area (Å²) in [7, 11) is 0. The molecule has 1 saturated heterocycles. The zero-order valence-corrected chi connectivity index (χ0v) is 18.3. The number of hydrogen-bond donors (Lipinski definition) is 0. The van der Waals surface area contributed by atoms with E-state index in [1.165, 1.54) is 0 Å². The summed E-state index contributed by atoms with van der Waals surface area (Å²) in [5.74, 6) is 1.48. The van der Waals surface area contributed by atoms with Gasteiger partial charge in [-0.05, 0) is 49.8 Å². The average Bonchev–Trinajstić information content (AvgIpc) is 3.28. The SMILES string of the molecule is CCCc1ncc(-c2ccncc2)c([C@H]2CCCCN2C(=O)c2cc(CCC)on2)n1. The van der Waals surface area contributed by atoms with Crippen molar-refractivity contribution in [3.8, 4) is 11.1 Å². The first-order valence-electron chi connectivity index (χ1n) is 11.2. The molecule has 3 aromatic heterocycles. The van der Waals surface area contributed by atoms with Crippen molar-refractivity contribution in [3.05, 3.63) is 59.8 Å². The van der Waals surface area contributed by atoms with Gasteiger partial charge in [0.1, 0.15) is 11.6 Å². The highest BCUT2D eigenvalue weighted by atomic mass is 16.5. The Morgan fingerprint density at radius 1 is 1.16 bits per heavy atom. The topological polar surface area (TPSA) is 85.0 Å². The fourth-order valence-electron chi connectivity index (χ4n) is 4.17. The molecule has 0 aliphatic carbocycles. The smallest absolute Gasteiger partial charge is 0.276 e. The van der Waals surface area contributed by atoms with E-state index in [9.17, 15) is 4.79 Å². The summed E-state index contributed by atoms with van der Waals surface area (Å²) in [5, 5.41) is 4.06. The molecule has 3 aromatic rings. The van der Waals surface area contributed by atoms with E-state index in [1.807, 2.05) is 23.2 Å². The summed E-state index contributed by atoms with van der Waals surface area (Å²) >= 11 is 0. The number of carbonyl (C=O) groups excluding carboxylic acids is 1. The Kier molecular flexibility index (Phi) is 6.70. The monoisotopic (exact) mass is 419 g/mol. The Morgan fingerprint density at radius 3 is 2.74 bits per heavy atom. The van der Waals surface area contributed by atoms with Crippen molar-refractivity contribution in [2.24, 2.45) is 0 Å². The third-order valence-corrected chi connectivity index (χ3v) is 5.69. The van der Waals surface area contributed by atoms with Gasteiger partial charge in [0, 0.05) is 49.6 Å². The van der Waals surface area contributed by atoms with E-state index in [2.05, 4.69) is 29.0 Å². The lowest BCUT2D eigenvalue weighted by Crippen LogP contribution is -2.39. The summed E-state index contributed by atoms with van der Waals surface area (Å²) < 4.78 is 5.37. The van der Waals surface area contributed by atoms with Gasteiger partial charge in [-0.3, -0.25) is 9.78 Å². The first-order valence-corrected chi connectivity index (χ1v) is 11.2. The average molecular weight is 420 g/mol. The fraction of sp³-hybridized carbons (Fsp3) is 0.458. The summed E-state index contributed by atoms with van der Waals surface area (Å²) in [5.41, 5.74) is 3.26. The Labute approximate surface area is 182 Å². The van der Waals surface area contributed by atoms with Gasteiger partial charge in [-0.25, -0.2) is 9.97 Å². The van der Waals surface area contributed by atoms with Crippen molar-refractivity contribution >= 4 is 5.91 Å². The molecule has 7 heteroatoms. The quantitative estimate of drug-likeness (QED) is 0.547. The molecule has 4 heterocycles.